The Labute approximate surface area is 153 Å². The number of hydrogen-bond acceptors (Lipinski definition) is 6. The Kier molecular flexibility index (Phi) is 4.94. The van der Waals surface area contributed by atoms with Crippen LogP contribution in [0.2, 0.25) is 0 Å². The molecule has 0 spiro atoms. The van der Waals surface area contributed by atoms with E-state index in [9.17, 15) is 19.5 Å². The van der Waals surface area contributed by atoms with Crippen molar-refractivity contribution < 1.29 is 24.2 Å². The molecule has 1 atom stereocenters. The van der Waals surface area contributed by atoms with Crippen LogP contribution >= 0.6 is 11.3 Å². The number of nitrogens with two attached hydrogens (primary N) is 1. The van der Waals surface area contributed by atoms with E-state index in [2.05, 4.69) is 5.32 Å². The first-order valence-corrected chi connectivity index (χ1v) is 8.94. The lowest BCUT2D eigenvalue weighted by Gasteiger charge is -2.14. The number of para-hydroxylation sites is 1. The Hall–Kier alpha value is -2.87. The number of phenolic OH excluding ortho intramolecular Hbond substituents is 1. The van der Waals surface area contributed by atoms with Crippen LogP contribution in [0, 0.1) is 0 Å². The molecule has 3 rings (SSSR count). The number of thiophene rings is 1. The number of esters is 1. The van der Waals surface area contributed by atoms with Crippen molar-refractivity contribution in [2.24, 2.45) is 5.73 Å². The second kappa shape index (κ2) is 7.17. The summed E-state index contributed by atoms with van der Waals surface area (Å²) in [6.07, 6.45) is 1.47. The first kappa shape index (κ1) is 17.9. The SMILES string of the molecule is C[C@@H](OC(=O)c1ccccc1O)C(=O)Nc1sc2c(c1C(N)=O)CCC2. The summed E-state index contributed by atoms with van der Waals surface area (Å²) in [5.74, 6) is -2.19. The molecule has 7 nitrogen and oxygen atoms in total. The van der Waals surface area contributed by atoms with E-state index >= 15 is 0 Å². The van der Waals surface area contributed by atoms with Gasteiger partial charge in [-0.15, -0.1) is 11.3 Å². The number of anilines is 1. The van der Waals surface area contributed by atoms with Crippen molar-refractivity contribution in [2.45, 2.75) is 32.3 Å². The molecule has 1 aliphatic carbocycles. The standard InChI is InChI=1S/C18H18N2O5S/c1-9(25-18(24)10-5-2-3-7-12(10)21)16(23)20-17-14(15(19)22)11-6-4-8-13(11)26-17/h2-3,5,7,9,21H,4,6,8H2,1H3,(H2,19,22)(H,20,23)/t9-/m1/s1. The van der Waals surface area contributed by atoms with E-state index in [4.69, 9.17) is 10.5 Å². The molecular weight excluding hydrogens is 356 g/mol. The highest BCUT2D eigenvalue weighted by Crippen LogP contribution is 2.38. The molecule has 26 heavy (non-hydrogen) atoms. The first-order valence-electron chi connectivity index (χ1n) is 8.12. The predicted molar refractivity (Wildman–Crippen MR) is 96.5 cm³/mol. The fourth-order valence-electron chi connectivity index (χ4n) is 2.89. The minimum absolute atomic E-state index is 0.0277. The smallest absolute Gasteiger partial charge is 0.342 e. The minimum atomic E-state index is -1.11. The molecule has 1 aromatic heterocycles. The molecule has 2 amide bonds. The van der Waals surface area contributed by atoms with E-state index in [1.807, 2.05) is 0 Å². The Bertz CT molecular complexity index is 890. The molecule has 0 unspecified atom stereocenters. The summed E-state index contributed by atoms with van der Waals surface area (Å²) in [7, 11) is 0. The normalized spacial score (nSPS) is 13.7. The lowest BCUT2D eigenvalue weighted by molar-refractivity contribution is -0.123. The molecule has 8 heteroatoms. The molecule has 1 aliphatic rings. The van der Waals surface area contributed by atoms with Crippen LogP contribution in [-0.2, 0) is 22.4 Å². The third-order valence-electron chi connectivity index (χ3n) is 4.18. The zero-order chi connectivity index (χ0) is 18.8. The Morgan fingerprint density at radius 1 is 1.27 bits per heavy atom. The van der Waals surface area contributed by atoms with Gasteiger partial charge in [-0.3, -0.25) is 9.59 Å². The third kappa shape index (κ3) is 3.41. The van der Waals surface area contributed by atoms with Crippen LogP contribution in [0.25, 0.3) is 0 Å². The van der Waals surface area contributed by atoms with Crippen molar-refractivity contribution in [1.29, 1.82) is 0 Å². The van der Waals surface area contributed by atoms with Gasteiger partial charge in [-0.05, 0) is 43.9 Å². The van der Waals surface area contributed by atoms with E-state index in [-0.39, 0.29) is 11.3 Å². The van der Waals surface area contributed by atoms with Crippen LogP contribution in [0.5, 0.6) is 5.75 Å². The van der Waals surface area contributed by atoms with Gasteiger partial charge in [0.05, 0.1) is 5.56 Å². The molecule has 136 valence electrons. The molecule has 4 N–H and O–H groups in total. The number of amides is 2. The van der Waals surface area contributed by atoms with Crippen molar-refractivity contribution >= 4 is 34.1 Å². The van der Waals surface area contributed by atoms with Crippen molar-refractivity contribution in [1.82, 2.24) is 0 Å². The van der Waals surface area contributed by atoms with Crippen molar-refractivity contribution in [3.8, 4) is 5.75 Å². The topological polar surface area (TPSA) is 119 Å². The Morgan fingerprint density at radius 2 is 2.00 bits per heavy atom. The molecule has 1 heterocycles. The number of nitrogens with one attached hydrogen (secondary N) is 1. The molecule has 0 saturated heterocycles. The van der Waals surface area contributed by atoms with Crippen LogP contribution in [0.3, 0.4) is 0 Å². The zero-order valence-corrected chi connectivity index (χ0v) is 14.9. The number of primary amides is 1. The number of ether oxygens (including phenoxy) is 1. The third-order valence-corrected chi connectivity index (χ3v) is 5.39. The number of aryl methyl sites for hydroxylation is 1. The second-order valence-corrected chi connectivity index (χ2v) is 7.08. The number of rotatable bonds is 5. The number of carbonyl (C=O) groups is 3. The van der Waals surface area contributed by atoms with Gasteiger partial charge in [0.2, 0.25) is 0 Å². The monoisotopic (exact) mass is 374 g/mol. The van der Waals surface area contributed by atoms with Crippen molar-refractivity contribution in [2.75, 3.05) is 5.32 Å². The molecule has 0 bridgehead atoms. The number of aromatic hydroxyl groups is 1. The van der Waals surface area contributed by atoms with Crippen LogP contribution < -0.4 is 11.1 Å². The fourth-order valence-corrected chi connectivity index (χ4v) is 4.19. The van der Waals surface area contributed by atoms with Gasteiger partial charge in [-0.1, -0.05) is 12.1 Å². The van der Waals surface area contributed by atoms with Gasteiger partial charge in [0.25, 0.3) is 11.8 Å². The summed E-state index contributed by atoms with van der Waals surface area (Å²) in [6, 6.07) is 5.90. The highest BCUT2D eigenvalue weighted by molar-refractivity contribution is 7.17. The van der Waals surface area contributed by atoms with E-state index in [0.29, 0.717) is 10.6 Å². The largest absolute Gasteiger partial charge is 0.507 e. The van der Waals surface area contributed by atoms with Gasteiger partial charge in [-0.25, -0.2) is 4.79 Å². The van der Waals surface area contributed by atoms with E-state index in [0.717, 1.165) is 29.7 Å². The molecular formula is C18H18N2O5S. The number of hydrogen-bond donors (Lipinski definition) is 3. The maximum Gasteiger partial charge on any atom is 0.342 e. The summed E-state index contributed by atoms with van der Waals surface area (Å²) >= 11 is 1.33. The summed E-state index contributed by atoms with van der Waals surface area (Å²) in [5, 5.41) is 12.7. The molecule has 0 radical (unpaired) electrons. The van der Waals surface area contributed by atoms with E-state index in [1.165, 1.54) is 30.4 Å². The predicted octanol–water partition coefficient (Wildman–Crippen LogP) is 2.23. The summed E-state index contributed by atoms with van der Waals surface area (Å²) < 4.78 is 5.11. The molecule has 2 aromatic rings. The molecule has 0 saturated carbocycles. The van der Waals surface area contributed by atoms with Crippen LogP contribution in [0.1, 0.15) is 44.5 Å². The fraction of sp³-hybridized carbons (Fsp3) is 0.278. The van der Waals surface area contributed by atoms with Gasteiger partial charge in [0, 0.05) is 4.88 Å². The van der Waals surface area contributed by atoms with Gasteiger partial charge in [0.15, 0.2) is 6.10 Å². The highest BCUT2D eigenvalue weighted by Gasteiger charge is 2.28. The molecule has 0 aliphatic heterocycles. The number of fused-ring (bicyclic) bond motifs is 1. The van der Waals surface area contributed by atoms with Crippen molar-refractivity contribution in [3.05, 3.63) is 45.8 Å². The number of phenols is 1. The molecule has 1 aromatic carbocycles. The second-order valence-electron chi connectivity index (χ2n) is 5.98. The number of carbonyl (C=O) groups excluding carboxylic acids is 3. The average molecular weight is 374 g/mol. The quantitative estimate of drug-likeness (QED) is 0.694. The van der Waals surface area contributed by atoms with Gasteiger partial charge >= 0.3 is 5.97 Å². The maximum absolute atomic E-state index is 12.4. The number of benzene rings is 1. The average Bonchev–Trinajstić information content (AvgIpc) is 3.15. The lowest BCUT2D eigenvalue weighted by atomic mass is 10.1. The van der Waals surface area contributed by atoms with Gasteiger partial charge in [0.1, 0.15) is 16.3 Å². The van der Waals surface area contributed by atoms with Crippen LogP contribution in [0.15, 0.2) is 24.3 Å². The summed E-state index contributed by atoms with van der Waals surface area (Å²) in [6.45, 7) is 1.42. The van der Waals surface area contributed by atoms with E-state index in [1.54, 1.807) is 12.1 Å². The maximum atomic E-state index is 12.4. The van der Waals surface area contributed by atoms with Crippen LogP contribution in [0.4, 0.5) is 5.00 Å². The summed E-state index contributed by atoms with van der Waals surface area (Å²) in [4.78, 5) is 37.3. The Morgan fingerprint density at radius 3 is 2.69 bits per heavy atom. The van der Waals surface area contributed by atoms with Crippen LogP contribution in [-0.4, -0.2) is 29.0 Å². The first-order chi connectivity index (χ1) is 12.4. The van der Waals surface area contributed by atoms with E-state index < -0.39 is 23.9 Å². The van der Waals surface area contributed by atoms with Gasteiger partial charge in [-0.2, -0.15) is 0 Å². The summed E-state index contributed by atoms with van der Waals surface area (Å²) in [5.41, 5.74) is 6.68. The Balaban J connectivity index is 1.72. The molecule has 0 fully saturated rings. The minimum Gasteiger partial charge on any atom is -0.507 e. The zero-order valence-electron chi connectivity index (χ0n) is 14.1. The van der Waals surface area contributed by atoms with Gasteiger partial charge < -0.3 is 20.9 Å². The highest BCUT2D eigenvalue weighted by atomic mass is 32.1. The lowest BCUT2D eigenvalue weighted by Crippen LogP contribution is -2.30. The van der Waals surface area contributed by atoms with Crippen molar-refractivity contribution in [3.63, 3.8) is 0 Å².